The van der Waals surface area contributed by atoms with Crippen LogP contribution in [-0.2, 0) is 10.0 Å². The van der Waals surface area contributed by atoms with Gasteiger partial charge >= 0.3 is 0 Å². The van der Waals surface area contributed by atoms with Crippen LogP contribution in [0.15, 0.2) is 0 Å². The lowest BCUT2D eigenvalue weighted by Gasteiger charge is -2.44. The highest BCUT2D eigenvalue weighted by molar-refractivity contribution is 7.90. The molecule has 0 aromatic rings. The van der Waals surface area contributed by atoms with Crippen LogP contribution in [0.2, 0.25) is 0 Å². The summed E-state index contributed by atoms with van der Waals surface area (Å²) in [5.41, 5.74) is 0.125. The van der Waals surface area contributed by atoms with E-state index in [9.17, 15) is 8.42 Å². The third kappa shape index (κ3) is 3.47. The van der Waals surface area contributed by atoms with Crippen molar-refractivity contribution < 1.29 is 8.42 Å². The molecule has 1 saturated heterocycles. The van der Waals surface area contributed by atoms with Crippen molar-refractivity contribution in [3.63, 3.8) is 0 Å². The first-order valence-electron chi connectivity index (χ1n) is 7.13. The van der Waals surface area contributed by atoms with E-state index in [0.29, 0.717) is 0 Å². The first kappa shape index (κ1) is 14.8. The van der Waals surface area contributed by atoms with Crippen LogP contribution < -0.4 is 10.0 Å². The van der Waals surface area contributed by atoms with Crippen molar-refractivity contribution in [3.8, 4) is 6.07 Å². The number of nitriles is 1. The van der Waals surface area contributed by atoms with Gasteiger partial charge in [-0.25, -0.2) is 13.1 Å². The molecule has 1 spiro atoms. The Hall–Kier alpha value is -0.640. The molecule has 2 atom stereocenters. The maximum atomic E-state index is 11.9. The number of sulfonamides is 1. The van der Waals surface area contributed by atoms with Gasteiger partial charge < -0.3 is 5.32 Å². The topological polar surface area (TPSA) is 82.0 Å². The average Bonchev–Trinajstić information content (AvgIpc) is 2.38. The molecule has 19 heavy (non-hydrogen) atoms. The fourth-order valence-electron chi connectivity index (χ4n) is 3.27. The van der Waals surface area contributed by atoms with Gasteiger partial charge in [-0.2, -0.15) is 5.26 Å². The van der Waals surface area contributed by atoms with Gasteiger partial charge in [0.05, 0.1) is 6.07 Å². The molecule has 5 nitrogen and oxygen atoms in total. The highest BCUT2D eigenvalue weighted by atomic mass is 32.2. The van der Waals surface area contributed by atoms with Gasteiger partial charge in [0.15, 0.2) is 5.25 Å². The van der Waals surface area contributed by atoms with E-state index < -0.39 is 15.3 Å². The van der Waals surface area contributed by atoms with Crippen LogP contribution in [0.25, 0.3) is 0 Å². The normalized spacial score (nSPS) is 28.7. The van der Waals surface area contributed by atoms with Crippen LogP contribution in [0, 0.1) is 11.3 Å². The molecule has 6 heteroatoms. The fourth-order valence-corrected chi connectivity index (χ4v) is 4.28. The molecule has 1 saturated carbocycles. The van der Waals surface area contributed by atoms with E-state index in [2.05, 4.69) is 10.0 Å². The number of piperidine rings is 1. The van der Waals surface area contributed by atoms with Crippen molar-refractivity contribution in [2.45, 2.75) is 68.7 Å². The summed E-state index contributed by atoms with van der Waals surface area (Å²) in [5, 5.41) is 11.4. The fraction of sp³-hybridized carbons (Fsp3) is 0.923. The molecule has 0 amide bonds. The zero-order valence-corrected chi connectivity index (χ0v) is 12.3. The molecule has 0 aromatic heterocycles. The summed E-state index contributed by atoms with van der Waals surface area (Å²) in [6.07, 6.45) is 7.66. The Bertz CT molecular complexity index is 443. The van der Waals surface area contributed by atoms with Crippen molar-refractivity contribution in [1.82, 2.24) is 10.0 Å². The predicted octanol–water partition coefficient (Wildman–Crippen LogP) is 1.27. The van der Waals surface area contributed by atoms with E-state index in [4.69, 9.17) is 5.26 Å². The van der Waals surface area contributed by atoms with Crippen LogP contribution in [0.4, 0.5) is 0 Å². The number of hydrogen-bond acceptors (Lipinski definition) is 4. The molecule has 1 aliphatic heterocycles. The maximum Gasteiger partial charge on any atom is 0.227 e. The van der Waals surface area contributed by atoms with Gasteiger partial charge in [-0.05, 0) is 39.2 Å². The zero-order valence-electron chi connectivity index (χ0n) is 11.5. The van der Waals surface area contributed by atoms with Gasteiger partial charge in [0, 0.05) is 11.6 Å². The monoisotopic (exact) mass is 285 g/mol. The van der Waals surface area contributed by atoms with Gasteiger partial charge in [0.1, 0.15) is 0 Å². The quantitative estimate of drug-likeness (QED) is 0.818. The van der Waals surface area contributed by atoms with E-state index in [1.54, 1.807) is 6.07 Å². The van der Waals surface area contributed by atoms with E-state index >= 15 is 0 Å². The lowest BCUT2D eigenvalue weighted by Crippen LogP contribution is -2.57. The first-order valence-corrected chi connectivity index (χ1v) is 8.68. The summed E-state index contributed by atoms with van der Waals surface area (Å²) in [6, 6.07) is 1.77. The standard InChI is InChI=1S/C13H23N3O2S/c1-11(10-14)19(17,18)16-12-5-8-15-13(9-12)6-3-2-4-7-13/h11-12,15-16H,2-9H2,1H3. The average molecular weight is 285 g/mol. The summed E-state index contributed by atoms with van der Waals surface area (Å²) in [4.78, 5) is 0. The second-order valence-electron chi connectivity index (χ2n) is 5.89. The summed E-state index contributed by atoms with van der Waals surface area (Å²) in [7, 11) is -3.50. The lowest BCUT2D eigenvalue weighted by atomic mass is 9.75. The first-order chi connectivity index (χ1) is 8.97. The molecule has 2 N–H and O–H groups in total. The van der Waals surface area contributed by atoms with E-state index in [1.807, 2.05) is 0 Å². The second-order valence-corrected chi connectivity index (χ2v) is 7.92. The van der Waals surface area contributed by atoms with Crippen molar-refractivity contribution in [2.75, 3.05) is 6.54 Å². The molecule has 0 radical (unpaired) electrons. The molecule has 0 aromatic carbocycles. The minimum absolute atomic E-state index is 0.0276. The molecule has 108 valence electrons. The van der Waals surface area contributed by atoms with Gasteiger partial charge in [-0.15, -0.1) is 0 Å². The Morgan fingerprint density at radius 2 is 2.05 bits per heavy atom. The summed E-state index contributed by atoms with van der Waals surface area (Å²) >= 11 is 0. The number of hydrogen-bond donors (Lipinski definition) is 2. The Morgan fingerprint density at radius 3 is 2.68 bits per heavy atom. The second kappa shape index (κ2) is 5.78. The third-order valence-corrected chi connectivity index (χ3v) is 6.12. The molecule has 1 heterocycles. The van der Waals surface area contributed by atoms with Gasteiger partial charge in [-0.3, -0.25) is 0 Å². The molecule has 2 fully saturated rings. The van der Waals surface area contributed by atoms with E-state index in [0.717, 1.165) is 32.2 Å². The Kier molecular flexibility index (Phi) is 4.49. The van der Waals surface area contributed by atoms with E-state index in [1.165, 1.54) is 26.2 Å². The van der Waals surface area contributed by atoms with Gasteiger partial charge in [0.2, 0.25) is 10.0 Å². The highest BCUT2D eigenvalue weighted by Crippen LogP contribution is 2.34. The molecule has 0 bridgehead atoms. The van der Waals surface area contributed by atoms with Crippen molar-refractivity contribution in [1.29, 1.82) is 5.26 Å². The van der Waals surface area contributed by atoms with E-state index in [-0.39, 0.29) is 11.6 Å². The minimum atomic E-state index is -3.50. The van der Waals surface area contributed by atoms with Crippen molar-refractivity contribution >= 4 is 10.0 Å². The summed E-state index contributed by atoms with van der Waals surface area (Å²) < 4.78 is 26.6. The zero-order chi connectivity index (χ0) is 13.9. The SMILES string of the molecule is CC(C#N)S(=O)(=O)NC1CCNC2(CCCCC2)C1. The Balaban J connectivity index is 2.00. The summed E-state index contributed by atoms with van der Waals surface area (Å²) in [6.45, 7) is 2.29. The minimum Gasteiger partial charge on any atom is -0.311 e. The molecular weight excluding hydrogens is 262 g/mol. The Labute approximate surface area is 115 Å². The lowest BCUT2D eigenvalue weighted by molar-refractivity contribution is 0.165. The summed E-state index contributed by atoms with van der Waals surface area (Å²) in [5.74, 6) is 0. The van der Waals surface area contributed by atoms with Crippen LogP contribution in [0.5, 0.6) is 0 Å². The third-order valence-electron chi connectivity index (χ3n) is 4.42. The van der Waals surface area contributed by atoms with Crippen LogP contribution in [0.3, 0.4) is 0 Å². The molecule has 2 unspecified atom stereocenters. The Morgan fingerprint density at radius 1 is 1.37 bits per heavy atom. The highest BCUT2D eigenvalue weighted by Gasteiger charge is 2.38. The van der Waals surface area contributed by atoms with Crippen molar-refractivity contribution in [2.24, 2.45) is 0 Å². The molecule has 2 aliphatic rings. The van der Waals surface area contributed by atoms with Gasteiger partial charge in [-0.1, -0.05) is 19.3 Å². The van der Waals surface area contributed by atoms with Crippen molar-refractivity contribution in [3.05, 3.63) is 0 Å². The van der Waals surface area contributed by atoms with Crippen LogP contribution in [-0.4, -0.2) is 31.8 Å². The molecule has 1 aliphatic carbocycles. The van der Waals surface area contributed by atoms with Crippen LogP contribution in [0.1, 0.15) is 51.9 Å². The number of rotatable bonds is 3. The molecule has 2 rings (SSSR count). The maximum absolute atomic E-state index is 11.9. The van der Waals surface area contributed by atoms with Gasteiger partial charge in [0.25, 0.3) is 0 Å². The number of nitrogens with one attached hydrogen (secondary N) is 2. The predicted molar refractivity (Wildman–Crippen MR) is 74.0 cm³/mol. The van der Waals surface area contributed by atoms with Crippen LogP contribution >= 0.6 is 0 Å². The number of nitrogens with zero attached hydrogens (tertiary/aromatic N) is 1. The molecular formula is C13H23N3O2S. The largest absolute Gasteiger partial charge is 0.311 e. The smallest absolute Gasteiger partial charge is 0.227 e.